The molecule has 14 heavy (non-hydrogen) atoms. The Kier molecular flexibility index (Phi) is 4.64. The maximum Gasteiger partial charge on any atom is 0.522 e. The number of hydrogen-bond donors (Lipinski definition) is 1. The molecule has 84 valence electrons. The summed E-state index contributed by atoms with van der Waals surface area (Å²) in [7, 11) is 0. The van der Waals surface area contributed by atoms with Crippen LogP contribution in [-0.4, -0.2) is 25.6 Å². The van der Waals surface area contributed by atoms with E-state index >= 15 is 0 Å². The Balaban J connectivity index is 1.89. The molecule has 1 N–H and O–H groups in total. The second-order valence-electron chi connectivity index (χ2n) is 3.21. The molecule has 1 fully saturated rings. The minimum Gasteiger partial charge on any atom is -0.298 e. The topological polar surface area (TPSA) is 30.5 Å². The predicted molar refractivity (Wildman–Crippen MR) is 43.4 cm³/mol. The van der Waals surface area contributed by atoms with Crippen LogP contribution in [0.25, 0.3) is 0 Å². The largest absolute Gasteiger partial charge is 0.522 e. The molecule has 6 heteroatoms. The van der Waals surface area contributed by atoms with E-state index in [1.54, 1.807) is 0 Å². The van der Waals surface area contributed by atoms with Crippen molar-refractivity contribution in [2.24, 2.45) is 0 Å². The second kappa shape index (κ2) is 5.53. The van der Waals surface area contributed by atoms with Crippen LogP contribution in [0.2, 0.25) is 0 Å². The van der Waals surface area contributed by atoms with Gasteiger partial charge >= 0.3 is 6.36 Å². The van der Waals surface area contributed by atoms with Crippen LogP contribution >= 0.6 is 0 Å². The Hall–Kier alpha value is -0.330. The highest BCUT2D eigenvalue weighted by Gasteiger charge is 2.28. The van der Waals surface area contributed by atoms with Crippen LogP contribution in [0.5, 0.6) is 0 Å². The molecule has 1 saturated carbocycles. The molecule has 1 rings (SSSR count). The lowest BCUT2D eigenvalue weighted by Gasteiger charge is -2.12. The van der Waals surface area contributed by atoms with Gasteiger partial charge in [-0.05, 0) is 12.8 Å². The highest BCUT2D eigenvalue weighted by atomic mass is 19.4. The molecule has 0 aromatic heterocycles. The molecule has 0 amide bonds. The van der Waals surface area contributed by atoms with E-state index in [2.05, 4.69) is 10.2 Å². The molecule has 0 bridgehead atoms. The minimum absolute atomic E-state index is 0.0516. The molecule has 0 aliphatic heterocycles. The molecule has 0 unspecified atom stereocenters. The van der Waals surface area contributed by atoms with Gasteiger partial charge in [0.2, 0.25) is 0 Å². The zero-order valence-corrected chi connectivity index (χ0v) is 7.77. The second-order valence-corrected chi connectivity index (χ2v) is 3.21. The van der Waals surface area contributed by atoms with Crippen LogP contribution in [0.3, 0.4) is 0 Å². The molecule has 1 aliphatic rings. The van der Waals surface area contributed by atoms with Gasteiger partial charge in [-0.2, -0.15) is 5.48 Å². The van der Waals surface area contributed by atoms with Crippen LogP contribution in [0, 0.1) is 0 Å². The van der Waals surface area contributed by atoms with Gasteiger partial charge in [0.15, 0.2) is 0 Å². The van der Waals surface area contributed by atoms with Crippen LogP contribution in [0.15, 0.2) is 0 Å². The van der Waals surface area contributed by atoms with E-state index in [1.807, 2.05) is 0 Å². The van der Waals surface area contributed by atoms with E-state index in [9.17, 15) is 13.2 Å². The average Bonchev–Trinajstić information content (AvgIpc) is 2.54. The van der Waals surface area contributed by atoms with E-state index in [0.29, 0.717) is 0 Å². The first-order valence-corrected chi connectivity index (χ1v) is 4.67. The van der Waals surface area contributed by atoms with E-state index < -0.39 is 13.0 Å². The normalized spacial score (nSPS) is 19.1. The van der Waals surface area contributed by atoms with Crippen molar-refractivity contribution in [3.05, 3.63) is 0 Å². The molecule has 0 saturated heterocycles. The van der Waals surface area contributed by atoms with Gasteiger partial charge in [-0.15, -0.1) is 13.2 Å². The van der Waals surface area contributed by atoms with E-state index in [-0.39, 0.29) is 12.6 Å². The molecule has 0 heterocycles. The van der Waals surface area contributed by atoms with Crippen LogP contribution in [0.4, 0.5) is 13.2 Å². The third-order valence-electron chi connectivity index (χ3n) is 2.02. The third-order valence-corrected chi connectivity index (χ3v) is 2.02. The summed E-state index contributed by atoms with van der Waals surface area (Å²) in [5.74, 6) is 0. The molecular formula is C8H14F3NO2. The Morgan fingerprint density at radius 1 is 1.21 bits per heavy atom. The standard InChI is InChI=1S/C8H14F3NO2/c9-8(10,11)13-6-5-12-14-7-3-1-2-4-7/h7,12H,1-6H2. The average molecular weight is 213 g/mol. The molecule has 0 radical (unpaired) electrons. The molecule has 3 nitrogen and oxygen atoms in total. The van der Waals surface area contributed by atoms with Crippen molar-refractivity contribution in [2.75, 3.05) is 13.2 Å². The zero-order chi connectivity index (χ0) is 10.4. The Labute approximate surface area is 80.5 Å². The summed E-state index contributed by atoms with van der Waals surface area (Å²) in [6.45, 7) is -0.369. The first kappa shape index (κ1) is 11.7. The van der Waals surface area contributed by atoms with Crippen molar-refractivity contribution in [3.63, 3.8) is 0 Å². The van der Waals surface area contributed by atoms with Gasteiger partial charge in [0.25, 0.3) is 0 Å². The van der Waals surface area contributed by atoms with Crippen molar-refractivity contribution in [3.8, 4) is 0 Å². The number of hydroxylamine groups is 1. The highest BCUT2D eigenvalue weighted by Crippen LogP contribution is 2.19. The van der Waals surface area contributed by atoms with Gasteiger partial charge in [0.05, 0.1) is 12.7 Å². The van der Waals surface area contributed by atoms with Gasteiger partial charge in [0, 0.05) is 6.54 Å². The van der Waals surface area contributed by atoms with Gasteiger partial charge in [-0.25, -0.2) is 0 Å². The van der Waals surface area contributed by atoms with Crippen LogP contribution in [0.1, 0.15) is 25.7 Å². The maximum absolute atomic E-state index is 11.5. The third kappa shape index (κ3) is 5.41. The summed E-state index contributed by atoms with van der Waals surface area (Å²) in [4.78, 5) is 5.12. The van der Waals surface area contributed by atoms with Crippen molar-refractivity contribution in [2.45, 2.75) is 38.1 Å². The first-order chi connectivity index (χ1) is 6.58. The quantitative estimate of drug-likeness (QED) is 0.559. The number of hydrogen-bond acceptors (Lipinski definition) is 3. The Bertz CT molecular complexity index is 157. The van der Waals surface area contributed by atoms with Crippen molar-refractivity contribution < 1.29 is 22.7 Å². The summed E-state index contributed by atoms with van der Waals surface area (Å²) in [5.41, 5.74) is 2.47. The number of rotatable bonds is 5. The monoisotopic (exact) mass is 213 g/mol. The van der Waals surface area contributed by atoms with Gasteiger partial charge in [0.1, 0.15) is 0 Å². The lowest BCUT2D eigenvalue weighted by molar-refractivity contribution is -0.324. The fourth-order valence-electron chi connectivity index (χ4n) is 1.39. The van der Waals surface area contributed by atoms with Gasteiger partial charge in [-0.3, -0.25) is 9.57 Å². The van der Waals surface area contributed by atoms with Crippen LogP contribution < -0.4 is 5.48 Å². The van der Waals surface area contributed by atoms with Gasteiger partial charge in [-0.1, -0.05) is 12.8 Å². The molecule has 1 aliphatic carbocycles. The molecule has 0 aromatic rings. The summed E-state index contributed by atoms with van der Waals surface area (Å²) < 4.78 is 38.0. The van der Waals surface area contributed by atoms with Crippen LogP contribution in [-0.2, 0) is 9.57 Å². The number of halogens is 3. The van der Waals surface area contributed by atoms with Crippen molar-refractivity contribution in [1.29, 1.82) is 0 Å². The number of nitrogens with one attached hydrogen (secondary N) is 1. The summed E-state index contributed by atoms with van der Waals surface area (Å²) in [6, 6.07) is 0. The van der Waals surface area contributed by atoms with E-state index in [1.165, 1.54) is 0 Å². The summed E-state index contributed by atoms with van der Waals surface area (Å²) in [6.07, 6.45) is -0.174. The zero-order valence-electron chi connectivity index (χ0n) is 7.77. The number of alkyl halides is 3. The fraction of sp³-hybridized carbons (Fsp3) is 1.00. The predicted octanol–water partition coefficient (Wildman–Crippen LogP) is 1.99. The Morgan fingerprint density at radius 2 is 1.86 bits per heavy atom. The minimum atomic E-state index is -4.55. The van der Waals surface area contributed by atoms with E-state index in [4.69, 9.17) is 4.84 Å². The molecular weight excluding hydrogens is 199 g/mol. The summed E-state index contributed by atoms with van der Waals surface area (Å²) >= 11 is 0. The first-order valence-electron chi connectivity index (χ1n) is 4.67. The summed E-state index contributed by atoms with van der Waals surface area (Å²) in [5, 5.41) is 0. The lowest BCUT2D eigenvalue weighted by Crippen LogP contribution is -2.27. The SMILES string of the molecule is FC(F)(F)OCCNOC1CCCC1. The van der Waals surface area contributed by atoms with Crippen molar-refractivity contribution in [1.82, 2.24) is 5.48 Å². The van der Waals surface area contributed by atoms with E-state index in [0.717, 1.165) is 25.7 Å². The highest BCUT2D eigenvalue weighted by molar-refractivity contribution is 4.65. The Morgan fingerprint density at radius 3 is 2.43 bits per heavy atom. The fourth-order valence-corrected chi connectivity index (χ4v) is 1.39. The smallest absolute Gasteiger partial charge is 0.298 e. The lowest BCUT2D eigenvalue weighted by atomic mass is 10.3. The molecule has 0 aromatic carbocycles. The van der Waals surface area contributed by atoms with Gasteiger partial charge < -0.3 is 0 Å². The number of ether oxygens (including phenoxy) is 1. The molecule has 0 atom stereocenters. The van der Waals surface area contributed by atoms with Crippen molar-refractivity contribution >= 4 is 0 Å². The maximum atomic E-state index is 11.5. The molecule has 0 spiro atoms.